The van der Waals surface area contributed by atoms with Gasteiger partial charge in [0.25, 0.3) is 0 Å². The quantitative estimate of drug-likeness (QED) is 0.419. The molecule has 0 spiro atoms. The molecule has 1 saturated carbocycles. The van der Waals surface area contributed by atoms with Gasteiger partial charge < -0.3 is 14.8 Å². The molecule has 4 aromatic heterocycles. The van der Waals surface area contributed by atoms with Crippen molar-refractivity contribution in [2.45, 2.75) is 18.3 Å². The predicted molar refractivity (Wildman–Crippen MR) is 151 cm³/mol. The molecule has 0 aromatic carbocycles. The largest absolute Gasteiger partial charge is 0.353 e. The first-order chi connectivity index (χ1) is 19.6. The van der Waals surface area contributed by atoms with E-state index in [1.807, 2.05) is 53.6 Å². The lowest BCUT2D eigenvalue weighted by Gasteiger charge is -2.37. The Morgan fingerprint density at radius 1 is 1.05 bits per heavy atom. The van der Waals surface area contributed by atoms with E-state index in [2.05, 4.69) is 44.8 Å². The molecular weight excluding hydrogens is 502 g/mol. The van der Waals surface area contributed by atoms with Crippen molar-refractivity contribution in [3.8, 4) is 17.2 Å². The van der Waals surface area contributed by atoms with Crippen LogP contribution in [-0.2, 0) is 10.2 Å². The minimum Gasteiger partial charge on any atom is -0.353 e. The second kappa shape index (κ2) is 9.47. The Morgan fingerprint density at radius 2 is 1.90 bits per heavy atom. The minimum atomic E-state index is -0.431. The number of carbonyl (C=O) groups excluding carboxylic acids is 1. The van der Waals surface area contributed by atoms with Crippen LogP contribution in [-0.4, -0.2) is 75.2 Å². The van der Waals surface area contributed by atoms with Crippen molar-refractivity contribution in [2.75, 3.05) is 44.7 Å². The molecule has 2 aliphatic heterocycles. The number of pyridine rings is 3. The van der Waals surface area contributed by atoms with Crippen LogP contribution < -0.4 is 10.3 Å². The van der Waals surface area contributed by atoms with Gasteiger partial charge in [0.05, 0.1) is 28.4 Å². The minimum absolute atomic E-state index is 0.200. The lowest BCUT2D eigenvalue weighted by molar-refractivity contribution is -0.134. The smallest absolute Gasteiger partial charge is 0.234 e. The van der Waals surface area contributed by atoms with E-state index in [4.69, 9.17) is 4.98 Å². The average Bonchev–Trinajstić information content (AvgIpc) is 3.53. The Bertz CT molecular complexity index is 1660. The van der Waals surface area contributed by atoms with E-state index in [1.165, 1.54) is 0 Å². The standard InChI is InChI=1S/C30H29N9O/c1-36-19-24(18-34-36)22-14-25(28-23(15-31)17-35-39(28)20-22)21-5-6-27(33-16-21)37-10-12-38(13-11-37)29(40)30(7-8-30)26-4-2-3-9-32-26/h2-6,9,14,16-17,19-20,34H,7-8,10-13,18H2,1H3. The zero-order valence-corrected chi connectivity index (χ0v) is 22.3. The Hall–Kier alpha value is -4.75. The van der Waals surface area contributed by atoms with Crippen LogP contribution in [0.5, 0.6) is 0 Å². The van der Waals surface area contributed by atoms with Crippen molar-refractivity contribution in [3.05, 3.63) is 84.2 Å². The number of amides is 1. The van der Waals surface area contributed by atoms with Crippen LogP contribution in [0.1, 0.15) is 29.7 Å². The third-order valence-corrected chi connectivity index (χ3v) is 8.24. The van der Waals surface area contributed by atoms with Crippen molar-refractivity contribution in [1.82, 2.24) is 34.9 Å². The van der Waals surface area contributed by atoms with Gasteiger partial charge in [0, 0.05) is 75.7 Å². The van der Waals surface area contributed by atoms with E-state index < -0.39 is 5.41 Å². The molecule has 200 valence electrons. The summed E-state index contributed by atoms with van der Waals surface area (Å²) in [6, 6.07) is 14.3. The Kier molecular flexibility index (Phi) is 5.75. The Balaban J connectivity index is 1.10. The van der Waals surface area contributed by atoms with Crippen molar-refractivity contribution in [2.24, 2.45) is 0 Å². The number of hydrogen-bond donors (Lipinski definition) is 1. The summed E-state index contributed by atoms with van der Waals surface area (Å²) in [4.78, 5) is 26.9. The van der Waals surface area contributed by atoms with Gasteiger partial charge in [-0.25, -0.2) is 14.9 Å². The van der Waals surface area contributed by atoms with Crippen LogP contribution in [0.2, 0.25) is 0 Å². The normalized spacial score (nSPS) is 18.1. The van der Waals surface area contributed by atoms with E-state index in [1.54, 1.807) is 16.9 Å². The number of nitrogens with zero attached hydrogens (tertiary/aromatic N) is 8. The lowest BCUT2D eigenvalue weighted by atomic mass is 9.99. The molecule has 1 N–H and O–H groups in total. The van der Waals surface area contributed by atoms with E-state index in [0.29, 0.717) is 18.7 Å². The number of fused-ring (bicyclic) bond motifs is 1. The topological polar surface area (TPSA) is 106 Å². The summed E-state index contributed by atoms with van der Waals surface area (Å²) >= 11 is 0. The van der Waals surface area contributed by atoms with Gasteiger partial charge in [0.1, 0.15) is 11.9 Å². The first kappa shape index (κ1) is 24.3. The van der Waals surface area contributed by atoms with E-state index in [9.17, 15) is 10.1 Å². The molecule has 2 fully saturated rings. The maximum Gasteiger partial charge on any atom is 0.234 e. The zero-order valence-electron chi connectivity index (χ0n) is 22.3. The van der Waals surface area contributed by atoms with Gasteiger partial charge in [-0.3, -0.25) is 9.78 Å². The average molecular weight is 532 g/mol. The summed E-state index contributed by atoms with van der Waals surface area (Å²) in [5.41, 5.74) is 9.07. The van der Waals surface area contributed by atoms with Gasteiger partial charge in [-0.05, 0) is 54.3 Å². The number of hydrogen-bond acceptors (Lipinski definition) is 8. The van der Waals surface area contributed by atoms with Crippen LogP contribution in [0.4, 0.5) is 5.82 Å². The fourth-order valence-electron chi connectivity index (χ4n) is 5.83. The molecule has 4 aromatic rings. The summed E-state index contributed by atoms with van der Waals surface area (Å²) in [5.74, 6) is 1.08. The molecule has 1 aliphatic carbocycles. The maximum absolute atomic E-state index is 13.4. The van der Waals surface area contributed by atoms with Crippen LogP contribution >= 0.6 is 0 Å². The predicted octanol–water partition coefficient (Wildman–Crippen LogP) is 2.83. The monoisotopic (exact) mass is 531 g/mol. The third-order valence-electron chi connectivity index (χ3n) is 8.24. The molecule has 10 heteroatoms. The number of aromatic nitrogens is 4. The van der Waals surface area contributed by atoms with E-state index >= 15 is 0 Å². The molecule has 1 saturated heterocycles. The maximum atomic E-state index is 13.4. The molecule has 0 unspecified atom stereocenters. The number of hydrazine groups is 1. The highest BCUT2D eigenvalue weighted by molar-refractivity contribution is 5.91. The number of nitriles is 1. The van der Waals surface area contributed by atoms with E-state index in [0.717, 1.165) is 71.8 Å². The van der Waals surface area contributed by atoms with Gasteiger partial charge in [0.15, 0.2) is 0 Å². The fourth-order valence-corrected chi connectivity index (χ4v) is 5.83. The van der Waals surface area contributed by atoms with Crippen molar-refractivity contribution < 1.29 is 4.79 Å². The third kappa shape index (κ3) is 4.06. The lowest BCUT2D eigenvalue weighted by Crippen LogP contribution is -2.51. The fraction of sp³-hybridized carbons (Fsp3) is 0.300. The SMILES string of the molecule is CN1C=C(c2cc(-c3ccc(N4CCN(C(=O)C5(c6ccccn6)CC5)CC4)nc3)c3c(C#N)cnn3c2)CN1. The van der Waals surface area contributed by atoms with Gasteiger partial charge in [-0.15, -0.1) is 0 Å². The molecule has 0 atom stereocenters. The van der Waals surface area contributed by atoms with Crippen molar-refractivity contribution >= 4 is 22.8 Å². The number of nitrogens with one attached hydrogen (secondary N) is 1. The molecule has 6 heterocycles. The molecule has 1 amide bonds. The van der Waals surface area contributed by atoms with Crippen LogP contribution in [0.15, 0.2) is 67.4 Å². The van der Waals surface area contributed by atoms with Gasteiger partial charge in [0.2, 0.25) is 5.91 Å². The van der Waals surface area contributed by atoms with Crippen molar-refractivity contribution in [1.29, 1.82) is 5.26 Å². The molecule has 0 bridgehead atoms. The van der Waals surface area contributed by atoms with Crippen LogP contribution in [0.3, 0.4) is 0 Å². The summed E-state index contributed by atoms with van der Waals surface area (Å²) in [6.07, 6.45) is 11.0. The summed E-state index contributed by atoms with van der Waals surface area (Å²) < 4.78 is 1.78. The Labute approximate surface area is 232 Å². The highest BCUT2D eigenvalue weighted by Gasteiger charge is 2.54. The number of piperazine rings is 1. The first-order valence-electron chi connectivity index (χ1n) is 13.6. The molecular formula is C30H29N9O. The second-order valence-corrected chi connectivity index (χ2v) is 10.7. The first-order valence-corrected chi connectivity index (χ1v) is 13.6. The summed E-state index contributed by atoms with van der Waals surface area (Å²) in [5, 5.41) is 16.1. The Morgan fingerprint density at radius 3 is 2.55 bits per heavy atom. The molecule has 40 heavy (non-hydrogen) atoms. The summed E-state index contributed by atoms with van der Waals surface area (Å²) in [7, 11) is 1.97. The van der Waals surface area contributed by atoms with Crippen molar-refractivity contribution in [3.63, 3.8) is 0 Å². The number of anilines is 1. The van der Waals surface area contributed by atoms with Gasteiger partial charge >= 0.3 is 0 Å². The highest BCUT2D eigenvalue weighted by Crippen LogP contribution is 2.48. The molecule has 10 nitrogen and oxygen atoms in total. The van der Waals surface area contributed by atoms with Gasteiger partial charge in [-0.1, -0.05) is 6.07 Å². The van der Waals surface area contributed by atoms with Crippen LogP contribution in [0.25, 0.3) is 22.2 Å². The molecule has 3 aliphatic rings. The summed E-state index contributed by atoms with van der Waals surface area (Å²) in [6.45, 7) is 3.51. The number of carbonyl (C=O) groups is 1. The molecule has 7 rings (SSSR count). The zero-order chi connectivity index (χ0) is 27.3. The number of rotatable bonds is 5. The molecule has 0 radical (unpaired) electrons. The highest BCUT2D eigenvalue weighted by atomic mass is 16.2. The van der Waals surface area contributed by atoms with Gasteiger partial charge in [-0.2, -0.15) is 10.4 Å². The van der Waals surface area contributed by atoms with Crippen LogP contribution in [0, 0.1) is 11.3 Å². The van der Waals surface area contributed by atoms with E-state index in [-0.39, 0.29) is 5.91 Å². The second-order valence-electron chi connectivity index (χ2n) is 10.7.